The van der Waals surface area contributed by atoms with Crippen LogP contribution in [0.5, 0.6) is 0 Å². The third-order valence-corrected chi connectivity index (χ3v) is 5.62. The third kappa shape index (κ3) is 4.14. The summed E-state index contributed by atoms with van der Waals surface area (Å²) in [4.78, 5) is 28.9. The largest absolute Gasteiger partial charge is 0.335 e. The van der Waals surface area contributed by atoms with Gasteiger partial charge < -0.3 is 15.1 Å². The Hall–Kier alpha value is -2.04. The predicted molar refractivity (Wildman–Crippen MR) is 98.8 cm³/mol. The van der Waals surface area contributed by atoms with Gasteiger partial charge >= 0.3 is 6.03 Å². The van der Waals surface area contributed by atoms with Crippen LogP contribution in [0.1, 0.15) is 53.6 Å². The molecule has 136 valence electrons. The summed E-state index contributed by atoms with van der Waals surface area (Å²) < 4.78 is 0. The van der Waals surface area contributed by atoms with Gasteiger partial charge in [-0.3, -0.25) is 4.79 Å². The highest BCUT2D eigenvalue weighted by atomic mass is 16.2. The maximum absolute atomic E-state index is 12.8. The Bertz CT molecular complexity index is 630. The van der Waals surface area contributed by atoms with Crippen molar-refractivity contribution in [1.29, 1.82) is 0 Å². The van der Waals surface area contributed by atoms with Crippen molar-refractivity contribution in [3.05, 3.63) is 34.9 Å². The standard InChI is InChI=1S/C20H29N3O2/c1-15-7-6-10-18(16(15)2)19(24)22-11-13-23(14-12-22)20(25)21-17-8-4-3-5-9-17/h6-7,10,17H,3-5,8-9,11-14H2,1-2H3,(H,21,25). The lowest BCUT2D eigenvalue weighted by Crippen LogP contribution is -2.54. The molecule has 0 unspecified atom stereocenters. The molecule has 2 aliphatic rings. The average Bonchev–Trinajstić information content (AvgIpc) is 2.64. The second-order valence-corrected chi connectivity index (χ2v) is 7.31. The first-order valence-electron chi connectivity index (χ1n) is 9.47. The predicted octanol–water partition coefficient (Wildman–Crippen LogP) is 3.10. The van der Waals surface area contributed by atoms with Crippen molar-refractivity contribution in [2.75, 3.05) is 26.2 Å². The highest BCUT2D eigenvalue weighted by Crippen LogP contribution is 2.19. The fourth-order valence-corrected chi connectivity index (χ4v) is 3.78. The molecule has 0 bridgehead atoms. The molecule has 5 nitrogen and oxygen atoms in total. The van der Waals surface area contributed by atoms with Crippen molar-refractivity contribution in [1.82, 2.24) is 15.1 Å². The average molecular weight is 343 g/mol. The van der Waals surface area contributed by atoms with Gasteiger partial charge in [-0.15, -0.1) is 0 Å². The van der Waals surface area contributed by atoms with Gasteiger partial charge in [0.25, 0.3) is 5.91 Å². The van der Waals surface area contributed by atoms with Crippen molar-refractivity contribution < 1.29 is 9.59 Å². The molecule has 1 aliphatic heterocycles. The van der Waals surface area contributed by atoms with Gasteiger partial charge in [0.05, 0.1) is 0 Å². The molecule has 1 heterocycles. The molecule has 1 saturated heterocycles. The van der Waals surface area contributed by atoms with Crippen molar-refractivity contribution in [3.63, 3.8) is 0 Å². The first-order valence-corrected chi connectivity index (χ1v) is 9.47. The fourth-order valence-electron chi connectivity index (χ4n) is 3.78. The molecule has 1 aliphatic carbocycles. The zero-order chi connectivity index (χ0) is 17.8. The van der Waals surface area contributed by atoms with Crippen LogP contribution >= 0.6 is 0 Å². The number of aryl methyl sites for hydroxylation is 1. The van der Waals surface area contributed by atoms with Crippen molar-refractivity contribution >= 4 is 11.9 Å². The molecule has 0 aromatic heterocycles. The van der Waals surface area contributed by atoms with Crippen molar-refractivity contribution in [2.24, 2.45) is 0 Å². The lowest BCUT2D eigenvalue weighted by molar-refractivity contribution is 0.0661. The molecule has 3 rings (SSSR count). The van der Waals surface area contributed by atoms with Gasteiger partial charge in [-0.2, -0.15) is 0 Å². The van der Waals surface area contributed by atoms with Crippen LogP contribution in [0.4, 0.5) is 4.79 Å². The van der Waals surface area contributed by atoms with Gasteiger partial charge in [-0.1, -0.05) is 31.4 Å². The number of urea groups is 1. The van der Waals surface area contributed by atoms with E-state index in [4.69, 9.17) is 0 Å². The highest BCUT2D eigenvalue weighted by molar-refractivity contribution is 5.96. The van der Waals surface area contributed by atoms with E-state index < -0.39 is 0 Å². The van der Waals surface area contributed by atoms with E-state index >= 15 is 0 Å². The molecule has 1 N–H and O–H groups in total. The number of nitrogens with zero attached hydrogens (tertiary/aromatic N) is 2. The summed E-state index contributed by atoms with van der Waals surface area (Å²) in [5.74, 6) is 0.0774. The van der Waals surface area contributed by atoms with E-state index in [1.165, 1.54) is 19.3 Å². The minimum absolute atomic E-state index is 0.0331. The van der Waals surface area contributed by atoms with Gasteiger partial charge in [0.1, 0.15) is 0 Å². The number of nitrogens with one attached hydrogen (secondary N) is 1. The Labute approximate surface area is 150 Å². The smallest absolute Gasteiger partial charge is 0.317 e. The third-order valence-electron chi connectivity index (χ3n) is 5.62. The van der Waals surface area contributed by atoms with Crippen LogP contribution in [0.3, 0.4) is 0 Å². The van der Waals surface area contributed by atoms with Crippen LogP contribution in [0, 0.1) is 13.8 Å². The number of benzene rings is 1. The molecular weight excluding hydrogens is 314 g/mol. The van der Waals surface area contributed by atoms with Crippen LogP contribution in [-0.4, -0.2) is 54.0 Å². The zero-order valence-electron chi connectivity index (χ0n) is 15.4. The van der Waals surface area contributed by atoms with Gasteiger partial charge in [0, 0.05) is 37.8 Å². The molecule has 1 saturated carbocycles. The van der Waals surface area contributed by atoms with Crippen molar-refractivity contribution in [2.45, 2.75) is 52.0 Å². The molecule has 0 spiro atoms. The number of hydrogen-bond donors (Lipinski definition) is 1. The summed E-state index contributed by atoms with van der Waals surface area (Å²) in [6, 6.07) is 6.22. The maximum Gasteiger partial charge on any atom is 0.317 e. The summed E-state index contributed by atoms with van der Waals surface area (Å²) in [5, 5.41) is 3.16. The van der Waals surface area contributed by atoms with E-state index in [9.17, 15) is 9.59 Å². The Morgan fingerprint density at radius 3 is 2.28 bits per heavy atom. The number of rotatable bonds is 2. The molecular formula is C20H29N3O2. The molecule has 25 heavy (non-hydrogen) atoms. The SMILES string of the molecule is Cc1cccc(C(=O)N2CCN(C(=O)NC3CCCCC3)CC2)c1C. The van der Waals surface area contributed by atoms with E-state index in [1.807, 2.05) is 41.8 Å². The van der Waals surface area contributed by atoms with Crippen LogP contribution in [0.25, 0.3) is 0 Å². The van der Waals surface area contributed by atoms with Gasteiger partial charge in [-0.05, 0) is 43.9 Å². The summed E-state index contributed by atoms with van der Waals surface area (Å²) in [6.45, 7) is 6.44. The normalized spacial score (nSPS) is 19.0. The van der Waals surface area contributed by atoms with Crippen molar-refractivity contribution in [3.8, 4) is 0 Å². The first kappa shape index (κ1) is 17.8. The number of carbonyl (C=O) groups is 2. The van der Waals surface area contributed by atoms with E-state index in [-0.39, 0.29) is 11.9 Å². The second-order valence-electron chi connectivity index (χ2n) is 7.31. The molecule has 0 radical (unpaired) electrons. The summed E-state index contributed by atoms with van der Waals surface area (Å²) in [5.41, 5.74) is 2.96. The lowest BCUT2D eigenvalue weighted by Gasteiger charge is -2.36. The summed E-state index contributed by atoms with van der Waals surface area (Å²) in [6.07, 6.45) is 5.89. The van der Waals surface area contributed by atoms with Gasteiger partial charge in [0.2, 0.25) is 0 Å². The molecule has 1 aromatic carbocycles. The Morgan fingerprint density at radius 1 is 0.960 bits per heavy atom. The van der Waals surface area contributed by atoms with Crippen LogP contribution in [0.2, 0.25) is 0 Å². The van der Waals surface area contributed by atoms with E-state index in [0.29, 0.717) is 32.2 Å². The monoisotopic (exact) mass is 343 g/mol. The van der Waals surface area contributed by atoms with Crippen LogP contribution in [0.15, 0.2) is 18.2 Å². The summed E-state index contributed by atoms with van der Waals surface area (Å²) >= 11 is 0. The molecule has 5 heteroatoms. The topological polar surface area (TPSA) is 52.7 Å². The first-order chi connectivity index (χ1) is 12.1. The fraction of sp³-hybridized carbons (Fsp3) is 0.600. The van der Waals surface area contributed by atoms with E-state index in [2.05, 4.69) is 5.32 Å². The number of hydrogen-bond acceptors (Lipinski definition) is 2. The summed E-state index contributed by atoms with van der Waals surface area (Å²) in [7, 11) is 0. The number of amides is 3. The Kier molecular flexibility index (Phi) is 5.61. The lowest BCUT2D eigenvalue weighted by atomic mass is 9.96. The quantitative estimate of drug-likeness (QED) is 0.897. The van der Waals surface area contributed by atoms with E-state index in [0.717, 1.165) is 29.5 Å². The Morgan fingerprint density at radius 2 is 1.60 bits per heavy atom. The van der Waals surface area contributed by atoms with Gasteiger partial charge in [-0.25, -0.2) is 4.79 Å². The number of piperazine rings is 1. The van der Waals surface area contributed by atoms with Gasteiger partial charge in [0.15, 0.2) is 0 Å². The second kappa shape index (κ2) is 7.89. The minimum Gasteiger partial charge on any atom is -0.335 e. The Balaban J connectivity index is 1.53. The molecule has 3 amide bonds. The number of carbonyl (C=O) groups excluding carboxylic acids is 2. The molecule has 0 atom stereocenters. The highest BCUT2D eigenvalue weighted by Gasteiger charge is 2.27. The molecule has 2 fully saturated rings. The van der Waals surface area contributed by atoms with Crippen LogP contribution < -0.4 is 5.32 Å². The molecule has 1 aromatic rings. The van der Waals surface area contributed by atoms with E-state index in [1.54, 1.807) is 0 Å². The zero-order valence-corrected chi connectivity index (χ0v) is 15.4. The maximum atomic E-state index is 12.8. The van der Waals surface area contributed by atoms with Crippen LogP contribution in [-0.2, 0) is 0 Å². The minimum atomic E-state index is 0.0331.